The molecule has 0 bridgehead atoms. The fraction of sp³-hybridized carbons (Fsp3) is 0. The summed E-state index contributed by atoms with van der Waals surface area (Å²) in [6, 6.07) is 1.51. The molecular weight excluding hydrogens is 196 g/mol. The number of halogens is 1. The van der Waals surface area contributed by atoms with E-state index in [2.05, 4.69) is 22.2 Å². The van der Waals surface area contributed by atoms with E-state index in [1.807, 2.05) is 5.16 Å². The molecule has 0 N–H and O–H groups in total. The average Bonchev–Trinajstić information content (AvgIpc) is 2.05. The van der Waals surface area contributed by atoms with E-state index in [-0.39, 0.29) is 5.56 Å². The molecule has 1 heterocycles. The number of aromatic nitrogens is 1. The maximum absolute atomic E-state index is 11.0. The number of pyridine rings is 1. The van der Waals surface area contributed by atoms with Crippen LogP contribution in [0.2, 0.25) is 5.02 Å². The zero-order chi connectivity index (χ0) is 8.97. The van der Waals surface area contributed by atoms with Gasteiger partial charge in [-0.15, -0.1) is 0 Å². The van der Waals surface area contributed by atoms with Crippen molar-refractivity contribution in [3.8, 4) is 0 Å². The Kier molecular flexibility index (Phi) is 3.05. The number of nitrogens with zero attached hydrogens (tertiary/aromatic N) is 2. The third kappa shape index (κ3) is 1.95. The van der Waals surface area contributed by atoms with Crippen LogP contribution in [0.25, 0.3) is 0 Å². The Morgan fingerprint density at radius 3 is 3.08 bits per heavy atom. The number of hydrogen-bond acceptors (Lipinski definition) is 3. The van der Waals surface area contributed by atoms with E-state index in [1.165, 1.54) is 18.5 Å². The SMILES string of the molecule is O=C(N=C=S)c1cnccc1Cl. The van der Waals surface area contributed by atoms with E-state index in [0.717, 1.165) is 0 Å². The molecule has 5 heteroatoms. The Balaban J connectivity index is 3.11. The highest BCUT2D eigenvalue weighted by Crippen LogP contribution is 2.13. The third-order valence-electron chi connectivity index (χ3n) is 1.15. The molecule has 1 amide bonds. The van der Waals surface area contributed by atoms with E-state index in [0.29, 0.717) is 5.02 Å². The maximum Gasteiger partial charge on any atom is 0.288 e. The van der Waals surface area contributed by atoms with Gasteiger partial charge in [-0.2, -0.15) is 4.99 Å². The third-order valence-corrected chi connectivity index (χ3v) is 1.57. The van der Waals surface area contributed by atoms with Crippen molar-refractivity contribution in [3.05, 3.63) is 29.0 Å². The van der Waals surface area contributed by atoms with Gasteiger partial charge in [0, 0.05) is 12.4 Å². The summed E-state index contributed by atoms with van der Waals surface area (Å²) >= 11 is 9.94. The smallest absolute Gasteiger partial charge is 0.266 e. The second kappa shape index (κ2) is 4.07. The maximum atomic E-state index is 11.0. The van der Waals surface area contributed by atoms with Crippen molar-refractivity contribution in [3.63, 3.8) is 0 Å². The van der Waals surface area contributed by atoms with Gasteiger partial charge in [0.15, 0.2) is 0 Å². The molecular formula is C7H3ClN2OS. The lowest BCUT2D eigenvalue weighted by atomic mass is 10.3. The lowest BCUT2D eigenvalue weighted by Crippen LogP contribution is -1.95. The normalized spacial score (nSPS) is 8.75. The molecule has 0 spiro atoms. The number of rotatable bonds is 1. The molecule has 0 atom stereocenters. The number of carbonyl (C=O) groups is 1. The molecule has 12 heavy (non-hydrogen) atoms. The minimum atomic E-state index is -0.525. The lowest BCUT2D eigenvalue weighted by Gasteiger charge is -1.94. The summed E-state index contributed by atoms with van der Waals surface area (Å²) in [7, 11) is 0. The quantitative estimate of drug-likeness (QED) is 0.512. The first kappa shape index (κ1) is 9.00. The van der Waals surface area contributed by atoms with Crippen LogP contribution in [0.3, 0.4) is 0 Å². The number of carbonyl (C=O) groups excluding carboxylic acids is 1. The Morgan fingerprint density at radius 2 is 2.50 bits per heavy atom. The number of aliphatic imine (C=N–C) groups is 1. The van der Waals surface area contributed by atoms with Gasteiger partial charge in [0.25, 0.3) is 5.91 Å². The molecule has 0 fully saturated rings. The van der Waals surface area contributed by atoms with Crippen molar-refractivity contribution in [2.24, 2.45) is 4.99 Å². The molecule has 1 aromatic rings. The average molecular weight is 199 g/mol. The summed E-state index contributed by atoms with van der Waals surface area (Å²) < 4.78 is 0. The first-order chi connectivity index (χ1) is 5.75. The van der Waals surface area contributed by atoms with Gasteiger partial charge in [-0.05, 0) is 18.3 Å². The van der Waals surface area contributed by atoms with Crippen LogP contribution < -0.4 is 0 Å². The highest BCUT2D eigenvalue weighted by molar-refractivity contribution is 7.78. The highest BCUT2D eigenvalue weighted by Gasteiger charge is 2.07. The molecule has 0 radical (unpaired) electrons. The second-order valence-corrected chi connectivity index (χ2v) is 2.45. The molecule has 0 saturated heterocycles. The molecule has 0 aromatic carbocycles. The van der Waals surface area contributed by atoms with Crippen molar-refractivity contribution in [2.75, 3.05) is 0 Å². The van der Waals surface area contributed by atoms with Gasteiger partial charge < -0.3 is 0 Å². The van der Waals surface area contributed by atoms with E-state index in [4.69, 9.17) is 11.6 Å². The molecule has 1 rings (SSSR count). The minimum Gasteiger partial charge on any atom is -0.266 e. The summed E-state index contributed by atoms with van der Waals surface area (Å²) in [6.45, 7) is 0. The van der Waals surface area contributed by atoms with E-state index in [9.17, 15) is 4.79 Å². The number of isothiocyanates is 1. The predicted octanol–water partition coefficient (Wildman–Crippen LogP) is 1.98. The molecule has 0 aliphatic heterocycles. The summed E-state index contributed by atoms with van der Waals surface area (Å²) in [4.78, 5) is 18.0. The topological polar surface area (TPSA) is 42.3 Å². The first-order valence-corrected chi connectivity index (χ1v) is 3.76. The zero-order valence-electron chi connectivity index (χ0n) is 5.82. The van der Waals surface area contributed by atoms with Crippen molar-refractivity contribution >= 4 is 34.9 Å². The van der Waals surface area contributed by atoms with Gasteiger partial charge in [0.05, 0.1) is 15.7 Å². The van der Waals surface area contributed by atoms with E-state index >= 15 is 0 Å². The molecule has 60 valence electrons. The predicted molar refractivity (Wildman–Crippen MR) is 48.6 cm³/mol. The molecule has 0 unspecified atom stereocenters. The van der Waals surface area contributed by atoms with Crippen LogP contribution in [-0.4, -0.2) is 16.1 Å². The molecule has 0 aliphatic rings. The highest BCUT2D eigenvalue weighted by atomic mass is 35.5. The van der Waals surface area contributed by atoms with Crippen molar-refractivity contribution in [2.45, 2.75) is 0 Å². The monoisotopic (exact) mass is 198 g/mol. The first-order valence-electron chi connectivity index (χ1n) is 2.97. The molecule has 0 saturated carbocycles. The van der Waals surface area contributed by atoms with Gasteiger partial charge in [-0.25, -0.2) is 0 Å². The molecule has 0 aliphatic carbocycles. The van der Waals surface area contributed by atoms with Crippen molar-refractivity contribution in [1.82, 2.24) is 4.98 Å². The summed E-state index contributed by atoms with van der Waals surface area (Å²) in [5.74, 6) is -0.525. The summed E-state index contributed by atoms with van der Waals surface area (Å²) in [6.07, 6.45) is 2.82. The second-order valence-electron chi connectivity index (χ2n) is 1.86. The standard InChI is InChI=1S/C7H3ClN2OS/c8-6-1-2-9-3-5(6)7(11)10-4-12/h1-3H. The minimum absolute atomic E-state index is 0.233. The largest absolute Gasteiger partial charge is 0.288 e. The van der Waals surface area contributed by atoms with Gasteiger partial charge in [-0.1, -0.05) is 11.6 Å². The molecule has 3 nitrogen and oxygen atoms in total. The van der Waals surface area contributed by atoms with Gasteiger partial charge in [0.2, 0.25) is 0 Å². The van der Waals surface area contributed by atoms with Gasteiger partial charge >= 0.3 is 0 Å². The Hall–Kier alpha value is -1.09. The summed E-state index contributed by atoms with van der Waals surface area (Å²) in [5.41, 5.74) is 0.233. The number of hydrogen-bond donors (Lipinski definition) is 0. The Bertz CT molecular complexity index is 360. The van der Waals surface area contributed by atoms with Crippen molar-refractivity contribution < 1.29 is 4.79 Å². The number of amides is 1. The zero-order valence-corrected chi connectivity index (χ0v) is 7.39. The van der Waals surface area contributed by atoms with E-state index < -0.39 is 5.91 Å². The van der Waals surface area contributed by atoms with Crippen LogP contribution in [0.4, 0.5) is 0 Å². The fourth-order valence-electron chi connectivity index (χ4n) is 0.637. The van der Waals surface area contributed by atoms with Gasteiger partial charge in [-0.3, -0.25) is 9.78 Å². The lowest BCUT2D eigenvalue weighted by molar-refractivity contribution is 0.100. The van der Waals surface area contributed by atoms with E-state index in [1.54, 1.807) is 0 Å². The Morgan fingerprint density at radius 1 is 1.75 bits per heavy atom. The number of thiocarbonyl (C=S) groups is 1. The van der Waals surface area contributed by atoms with Crippen LogP contribution >= 0.6 is 23.8 Å². The van der Waals surface area contributed by atoms with Crippen LogP contribution in [0.15, 0.2) is 23.5 Å². The summed E-state index contributed by atoms with van der Waals surface area (Å²) in [5, 5.41) is 2.27. The van der Waals surface area contributed by atoms with Crippen molar-refractivity contribution in [1.29, 1.82) is 0 Å². The van der Waals surface area contributed by atoms with Crippen LogP contribution in [0.1, 0.15) is 10.4 Å². The van der Waals surface area contributed by atoms with Gasteiger partial charge in [0.1, 0.15) is 0 Å². The van der Waals surface area contributed by atoms with Crippen LogP contribution in [0, 0.1) is 0 Å². The molecule has 1 aromatic heterocycles. The van der Waals surface area contributed by atoms with Crippen LogP contribution in [0.5, 0.6) is 0 Å². The fourth-order valence-corrected chi connectivity index (χ4v) is 0.905. The van der Waals surface area contributed by atoms with Crippen LogP contribution in [-0.2, 0) is 0 Å². The Labute approximate surface area is 79.1 Å².